The number of carbonyl (C=O) groups excluding carboxylic acids is 1. The summed E-state index contributed by atoms with van der Waals surface area (Å²) in [5.41, 5.74) is 2.10. The number of carbonyl (C=O) groups is 1. The zero-order chi connectivity index (χ0) is 14.9. The fraction of sp³-hybridized carbons (Fsp3) is 0.235. The molecule has 4 heteroatoms. The largest absolute Gasteiger partial charge is 0.325 e. The highest BCUT2D eigenvalue weighted by Gasteiger charge is 2.03. The smallest absolute Gasteiger partial charge is 0.234 e. The minimum atomic E-state index is 0.0166. The van der Waals surface area contributed by atoms with Crippen molar-refractivity contribution < 1.29 is 4.79 Å². The van der Waals surface area contributed by atoms with Crippen molar-refractivity contribution in [3.63, 3.8) is 0 Å². The summed E-state index contributed by atoms with van der Waals surface area (Å²) in [4.78, 5) is 13.0. The molecule has 0 heterocycles. The minimum Gasteiger partial charge on any atom is -0.325 e. The van der Waals surface area contributed by atoms with Crippen molar-refractivity contribution >= 4 is 23.4 Å². The molecule has 2 aromatic rings. The van der Waals surface area contributed by atoms with E-state index in [1.165, 1.54) is 5.56 Å². The Labute approximate surface area is 130 Å². The molecule has 2 N–H and O–H groups in total. The van der Waals surface area contributed by atoms with Gasteiger partial charge in [0.05, 0.1) is 5.75 Å². The molecule has 0 aliphatic heterocycles. The number of nitrogens with one attached hydrogen (secondary N) is 2. The maximum absolute atomic E-state index is 11.9. The Kier molecular flexibility index (Phi) is 6.31. The lowest BCUT2D eigenvalue weighted by Crippen LogP contribution is -2.13. The third-order valence-electron chi connectivity index (χ3n) is 2.93. The van der Waals surface area contributed by atoms with Crippen LogP contribution in [0.25, 0.3) is 0 Å². The van der Waals surface area contributed by atoms with Crippen molar-refractivity contribution in [2.75, 3.05) is 17.6 Å². The zero-order valence-corrected chi connectivity index (χ0v) is 13.0. The van der Waals surface area contributed by atoms with Gasteiger partial charge in [-0.1, -0.05) is 37.3 Å². The van der Waals surface area contributed by atoms with Crippen LogP contribution < -0.4 is 10.6 Å². The summed E-state index contributed by atoms with van der Waals surface area (Å²) in [5, 5.41) is 6.17. The lowest BCUT2D eigenvalue weighted by atomic mass is 10.2. The number of hydrogen-bond acceptors (Lipinski definition) is 3. The number of amides is 1. The Morgan fingerprint density at radius 1 is 1.05 bits per heavy atom. The molecule has 0 fully saturated rings. The Balaban J connectivity index is 1.78. The molecule has 0 spiro atoms. The molecule has 0 bridgehead atoms. The van der Waals surface area contributed by atoms with E-state index in [2.05, 4.69) is 41.8 Å². The topological polar surface area (TPSA) is 41.1 Å². The van der Waals surface area contributed by atoms with Crippen LogP contribution in [0.15, 0.2) is 59.5 Å². The van der Waals surface area contributed by atoms with E-state index in [1.54, 1.807) is 11.8 Å². The highest BCUT2D eigenvalue weighted by Crippen LogP contribution is 2.19. The molecule has 0 aromatic heterocycles. The van der Waals surface area contributed by atoms with E-state index in [0.717, 1.165) is 23.7 Å². The van der Waals surface area contributed by atoms with Gasteiger partial charge in [0, 0.05) is 17.1 Å². The van der Waals surface area contributed by atoms with E-state index < -0.39 is 0 Å². The summed E-state index contributed by atoms with van der Waals surface area (Å²) in [5.74, 6) is 0.435. The SMILES string of the molecule is CCNCc1ccc(SCC(=O)Nc2ccccc2)cc1. The Morgan fingerprint density at radius 2 is 1.76 bits per heavy atom. The quantitative estimate of drug-likeness (QED) is 0.769. The summed E-state index contributed by atoms with van der Waals surface area (Å²) < 4.78 is 0. The van der Waals surface area contributed by atoms with Gasteiger partial charge in [-0.15, -0.1) is 11.8 Å². The molecular weight excluding hydrogens is 280 g/mol. The van der Waals surface area contributed by atoms with Crippen molar-refractivity contribution in [1.29, 1.82) is 0 Å². The first kappa shape index (κ1) is 15.6. The fourth-order valence-corrected chi connectivity index (χ4v) is 2.54. The molecule has 0 saturated heterocycles. The molecule has 0 saturated carbocycles. The van der Waals surface area contributed by atoms with Crippen molar-refractivity contribution in [3.05, 3.63) is 60.2 Å². The highest BCUT2D eigenvalue weighted by atomic mass is 32.2. The van der Waals surface area contributed by atoms with Gasteiger partial charge >= 0.3 is 0 Å². The molecule has 2 aromatic carbocycles. The van der Waals surface area contributed by atoms with Crippen LogP contribution in [0.2, 0.25) is 0 Å². The molecule has 2 rings (SSSR count). The number of rotatable bonds is 7. The van der Waals surface area contributed by atoms with Crippen molar-refractivity contribution in [2.24, 2.45) is 0 Å². The molecule has 0 atom stereocenters. The second-order valence-electron chi connectivity index (χ2n) is 4.63. The molecule has 21 heavy (non-hydrogen) atoms. The van der Waals surface area contributed by atoms with E-state index in [4.69, 9.17) is 0 Å². The van der Waals surface area contributed by atoms with Gasteiger partial charge in [-0.05, 0) is 36.4 Å². The first-order valence-corrected chi connectivity index (χ1v) is 8.04. The molecule has 1 amide bonds. The van der Waals surface area contributed by atoms with Crippen molar-refractivity contribution in [1.82, 2.24) is 5.32 Å². The Morgan fingerprint density at radius 3 is 2.43 bits per heavy atom. The highest BCUT2D eigenvalue weighted by molar-refractivity contribution is 8.00. The number of anilines is 1. The molecule has 110 valence electrons. The van der Waals surface area contributed by atoms with Crippen molar-refractivity contribution in [3.8, 4) is 0 Å². The van der Waals surface area contributed by atoms with Crippen LogP contribution in [-0.2, 0) is 11.3 Å². The number of thioether (sulfide) groups is 1. The lowest BCUT2D eigenvalue weighted by Gasteiger charge is -2.06. The predicted octanol–water partition coefficient (Wildman–Crippen LogP) is 3.53. The monoisotopic (exact) mass is 300 g/mol. The Hall–Kier alpha value is -1.78. The van der Waals surface area contributed by atoms with Gasteiger partial charge in [0.1, 0.15) is 0 Å². The van der Waals surface area contributed by atoms with Gasteiger partial charge in [-0.3, -0.25) is 4.79 Å². The number of hydrogen-bond donors (Lipinski definition) is 2. The van der Waals surface area contributed by atoms with Gasteiger partial charge in [0.15, 0.2) is 0 Å². The van der Waals surface area contributed by atoms with E-state index in [-0.39, 0.29) is 5.91 Å². The van der Waals surface area contributed by atoms with Gasteiger partial charge in [0.25, 0.3) is 0 Å². The summed E-state index contributed by atoms with van der Waals surface area (Å²) in [7, 11) is 0. The van der Waals surface area contributed by atoms with E-state index in [9.17, 15) is 4.79 Å². The molecule has 0 radical (unpaired) electrons. The minimum absolute atomic E-state index is 0.0166. The van der Waals surface area contributed by atoms with Gasteiger partial charge in [-0.25, -0.2) is 0 Å². The Bertz CT molecular complexity index is 555. The predicted molar refractivity (Wildman–Crippen MR) is 89.6 cm³/mol. The molecule has 0 aliphatic rings. The maximum Gasteiger partial charge on any atom is 0.234 e. The molecule has 0 aliphatic carbocycles. The van der Waals surface area contributed by atoms with E-state index >= 15 is 0 Å². The van der Waals surface area contributed by atoms with Gasteiger partial charge in [0.2, 0.25) is 5.91 Å². The molecule has 0 unspecified atom stereocenters. The first-order valence-electron chi connectivity index (χ1n) is 7.05. The number of benzene rings is 2. The third-order valence-corrected chi connectivity index (χ3v) is 3.94. The van der Waals surface area contributed by atoms with Crippen molar-refractivity contribution in [2.45, 2.75) is 18.4 Å². The second-order valence-corrected chi connectivity index (χ2v) is 5.68. The van der Waals surface area contributed by atoms with Crippen LogP contribution in [0.3, 0.4) is 0 Å². The summed E-state index contributed by atoms with van der Waals surface area (Å²) in [6.45, 7) is 3.95. The third kappa shape index (κ3) is 5.61. The molecular formula is C17H20N2OS. The average molecular weight is 300 g/mol. The first-order chi connectivity index (χ1) is 10.3. The lowest BCUT2D eigenvalue weighted by molar-refractivity contribution is -0.113. The van der Waals surface area contributed by atoms with Crippen LogP contribution >= 0.6 is 11.8 Å². The van der Waals surface area contributed by atoms with E-state index in [1.807, 2.05) is 30.3 Å². The van der Waals surface area contributed by atoms with Crippen LogP contribution in [0.5, 0.6) is 0 Å². The van der Waals surface area contributed by atoms with Crippen LogP contribution in [0.1, 0.15) is 12.5 Å². The van der Waals surface area contributed by atoms with Gasteiger partial charge in [-0.2, -0.15) is 0 Å². The normalized spacial score (nSPS) is 10.3. The van der Waals surface area contributed by atoms with Crippen LogP contribution in [0, 0.1) is 0 Å². The standard InChI is InChI=1S/C17H20N2OS/c1-2-18-12-14-8-10-16(11-9-14)21-13-17(20)19-15-6-4-3-5-7-15/h3-11,18H,2,12-13H2,1H3,(H,19,20). The maximum atomic E-state index is 11.9. The van der Waals surface area contributed by atoms with Crippen LogP contribution in [-0.4, -0.2) is 18.2 Å². The summed E-state index contributed by atoms with van der Waals surface area (Å²) in [6, 6.07) is 17.8. The zero-order valence-electron chi connectivity index (χ0n) is 12.1. The fourth-order valence-electron chi connectivity index (χ4n) is 1.84. The summed E-state index contributed by atoms with van der Waals surface area (Å²) >= 11 is 1.55. The van der Waals surface area contributed by atoms with Crippen LogP contribution in [0.4, 0.5) is 5.69 Å². The van der Waals surface area contributed by atoms with E-state index in [0.29, 0.717) is 5.75 Å². The number of para-hydroxylation sites is 1. The van der Waals surface area contributed by atoms with Gasteiger partial charge < -0.3 is 10.6 Å². The second kappa shape index (κ2) is 8.49. The molecule has 3 nitrogen and oxygen atoms in total. The average Bonchev–Trinajstić information content (AvgIpc) is 2.53. The summed E-state index contributed by atoms with van der Waals surface area (Å²) in [6.07, 6.45) is 0.